The highest BCUT2D eigenvalue weighted by molar-refractivity contribution is 5.89. The maximum absolute atomic E-state index is 11.2. The van der Waals surface area contributed by atoms with Crippen LogP contribution < -0.4 is 5.73 Å². The normalized spacial score (nSPS) is 8.93. The van der Waals surface area contributed by atoms with E-state index in [4.69, 9.17) is 5.73 Å². The zero-order valence-corrected chi connectivity index (χ0v) is 8.62. The van der Waals surface area contributed by atoms with Crippen molar-refractivity contribution in [2.45, 2.75) is 6.42 Å². The molecule has 3 nitrogen and oxygen atoms in total. The summed E-state index contributed by atoms with van der Waals surface area (Å²) in [7, 11) is 1.36. The molecule has 0 spiro atoms. The number of methoxy groups -OCH3 is 1. The molecule has 0 unspecified atom stereocenters. The van der Waals surface area contributed by atoms with E-state index in [1.54, 1.807) is 18.2 Å². The molecule has 0 aliphatic heterocycles. The Kier molecular flexibility index (Phi) is 4.39. The molecule has 3 heteroatoms. The number of carbonyl (C=O) groups excluding carboxylic acids is 1. The summed E-state index contributed by atoms with van der Waals surface area (Å²) in [5, 5.41) is 0. The maximum atomic E-state index is 11.2. The summed E-state index contributed by atoms with van der Waals surface area (Å²) >= 11 is 0. The van der Waals surface area contributed by atoms with Crippen LogP contribution in [0.15, 0.2) is 24.3 Å². The molecule has 0 saturated heterocycles. The third kappa shape index (κ3) is 3.45. The molecule has 0 bridgehead atoms. The van der Waals surface area contributed by atoms with Crippen molar-refractivity contribution in [1.82, 2.24) is 0 Å². The van der Waals surface area contributed by atoms with Gasteiger partial charge in [0, 0.05) is 18.5 Å². The van der Waals surface area contributed by atoms with Gasteiger partial charge < -0.3 is 10.5 Å². The third-order valence-corrected chi connectivity index (χ3v) is 1.79. The summed E-state index contributed by atoms with van der Waals surface area (Å²) in [6.45, 7) is 0.545. The molecule has 0 heterocycles. The Hall–Kier alpha value is -1.79. The number of hydrogen-bond acceptors (Lipinski definition) is 3. The smallest absolute Gasteiger partial charge is 0.337 e. The fraction of sp³-hybridized carbons (Fsp3) is 0.250. The predicted octanol–water partition coefficient (Wildman–Crippen LogP) is 1.17. The molecule has 0 radical (unpaired) electrons. The fourth-order valence-electron chi connectivity index (χ4n) is 1.08. The molecule has 0 fully saturated rings. The maximum Gasteiger partial charge on any atom is 0.337 e. The van der Waals surface area contributed by atoms with Gasteiger partial charge in [-0.25, -0.2) is 4.79 Å². The minimum atomic E-state index is -0.350. The highest BCUT2D eigenvalue weighted by Crippen LogP contribution is 2.05. The van der Waals surface area contributed by atoms with Gasteiger partial charge in [-0.15, -0.1) is 0 Å². The first-order chi connectivity index (χ1) is 7.27. The van der Waals surface area contributed by atoms with Crippen molar-refractivity contribution in [2.24, 2.45) is 5.73 Å². The van der Waals surface area contributed by atoms with Gasteiger partial charge in [-0.2, -0.15) is 0 Å². The van der Waals surface area contributed by atoms with Crippen molar-refractivity contribution in [3.63, 3.8) is 0 Å². The number of carbonyl (C=O) groups is 1. The van der Waals surface area contributed by atoms with E-state index in [2.05, 4.69) is 16.6 Å². The van der Waals surface area contributed by atoms with Gasteiger partial charge in [-0.1, -0.05) is 17.9 Å². The molecule has 0 amide bonds. The molecule has 0 atom stereocenters. The van der Waals surface area contributed by atoms with Crippen LogP contribution >= 0.6 is 0 Å². The monoisotopic (exact) mass is 203 g/mol. The Morgan fingerprint density at radius 1 is 1.53 bits per heavy atom. The van der Waals surface area contributed by atoms with Gasteiger partial charge in [0.2, 0.25) is 0 Å². The van der Waals surface area contributed by atoms with Crippen LogP contribution in [-0.2, 0) is 4.74 Å². The van der Waals surface area contributed by atoms with Crippen LogP contribution in [0.5, 0.6) is 0 Å². The van der Waals surface area contributed by atoms with E-state index in [0.717, 1.165) is 5.56 Å². The summed E-state index contributed by atoms with van der Waals surface area (Å²) in [5.74, 6) is 5.49. The molecule has 1 aromatic carbocycles. The molecular formula is C12H13NO2. The Bertz CT molecular complexity index is 402. The largest absolute Gasteiger partial charge is 0.465 e. The molecule has 0 aromatic heterocycles. The topological polar surface area (TPSA) is 52.3 Å². The van der Waals surface area contributed by atoms with Crippen LogP contribution in [0, 0.1) is 11.8 Å². The third-order valence-electron chi connectivity index (χ3n) is 1.79. The molecule has 0 aliphatic rings. The number of ether oxygens (including phenoxy) is 1. The van der Waals surface area contributed by atoms with Crippen molar-refractivity contribution < 1.29 is 9.53 Å². The van der Waals surface area contributed by atoms with Gasteiger partial charge in [0.1, 0.15) is 0 Å². The average molecular weight is 203 g/mol. The van der Waals surface area contributed by atoms with E-state index in [1.165, 1.54) is 7.11 Å². The minimum Gasteiger partial charge on any atom is -0.465 e. The summed E-state index contributed by atoms with van der Waals surface area (Å²) in [6, 6.07) is 7.02. The standard InChI is InChI=1S/C12H13NO2/c1-15-12(14)11-7-4-6-10(9-11)5-2-3-8-13/h4,6-7,9H,3,8,13H2,1H3. The molecule has 0 saturated carbocycles. The fourth-order valence-corrected chi connectivity index (χ4v) is 1.08. The first-order valence-corrected chi connectivity index (χ1v) is 4.65. The number of rotatable bonds is 2. The van der Waals surface area contributed by atoms with Gasteiger partial charge in [-0.05, 0) is 18.2 Å². The van der Waals surface area contributed by atoms with E-state index < -0.39 is 0 Å². The quantitative estimate of drug-likeness (QED) is 0.580. The average Bonchev–Trinajstić information content (AvgIpc) is 2.29. The lowest BCUT2D eigenvalue weighted by molar-refractivity contribution is 0.0600. The molecule has 1 aromatic rings. The van der Waals surface area contributed by atoms with E-state index in [-0.39, 0.29) is 5.97 Å². The molecule has 2 N–H and O–H groups in total. The number of esters is 1. The van der Waals surface area contributed by atoms with E-state index in [9.17, 15) is 4.79 Å². The number of benzene rings is 1. The Morgan fingerprint density at radius 2 is 2.33 bits per heavy atom. The highest BCUT2D eigenvalue weighted by atomic mass is 16.5. The number of hydrogen-bond donors (Lipinski definition) is 1. The summed E-state index contributed by atoms with van der Waals surface area (Å²) in [4.78, 5) is 11.2. The van der Waals surface area contributed by atoms with E-state index in [0.29, 0.717) is 18.5 Å². The molecular weight excluding hydrogens is 190 g/mol. The summed E-state index contributed by atoms with van der Waals surface area (Å²) in [5.41, 5.74) is 6.62. The Balaban J connectivity index is 2.84. The van der Waals surface area contributed by atoms with Gasteiger partial charge in [-0.3, -0.25) is 0 Å². The first kappa shape index (κ1) is 11.3. The second kappa shape index (κ2) is 5.84. The van der Waals surface area contributed by atoms with Gasteiger partial charge in [0.15, 0.2) is 0 Å². The van der Waals surface area contributed by atoms with Crippen LogP contribution in [0.2, 0.25) is 0 Å². The van der Waals surface area contributed by atoms with Gasteiger partial charge in [0.25, 0.3) is 0 Å². The Morgan fingerprint density at radius 3 is 3.00 bits per heavy atom. The van der Waals surface area contributed by atoms with Crippen LogP contribution in [0.25, 0.3) is 0 Å². The van der Waals surface area contributed by atoms with Gasteiger partial charge >= 0.3 is 5.97 Å². The predicted molar refractivity (Wildman–Crippen MR) is 58.3 cm³/mol. The Labute approximate surface area is 89.2 Å². The second-order valence-electron chi connectivity index (χ2n) is 2.91. The van der Waals surface area contributed by atoms with Crippen molar-refractivity contribution in [1.29, 1.82) is 0 Å². The van der Waals surface area contributed by atoms with Crippen molar-refractivity contribution >= 4 is 5.97 Å². The minimum absolute atomic E-state index is 0.350. The molecule has 15 heavy (non-hydrogen) atoms. The highest BCUT2D eigenvalue weighted by Gasteiger charge is 2.03. The van der Waals surface area contributed by atoms with E-state index in [1.807, 2.05) is 6.07 Å². The zero-order chi connectivity index (χ0) is 11.1. The van der Waals surface area contributed by atoms with Crippen LogP contribution in [0.1, 0.15) is 22.3 Å². The van der Waals surface area contributed by atoms with Crippen molar-refractivity contribution in [3.8, 4) is 11.8 Å². The summed E-state index contributed by atoms with van der Waals surface area (Å²) in [6.07, 6.45) is 0.655. The second-order valence-corrected chi connectivity index (χ2v) is 2.91. The van der Waals surface area contributed by atoms with E-state index >= 15 is 0 Å². The van der Waals surface area contributed by atoms with Crippen molar-refractivity contribution in [3.05, 3.63) is 35.4 Å². The first-order valence-electron chi connectivity index (χ1n) is 4.65. The number of nitrogens with two attached hydrogens (primary N) is 1. The lowest BCUT2D eigenvalue weighted by atomic mass is 10.1. The molecule has 78 valence electrons. The lowest BCUT2D eigenvalue weighted by Crippen LogP contribution is -2.00. The zero-order valence-electron chi connectivity index (χ0n) is 8.62. The van der Waals surface area contributed by atoms with Crippen LogP contribution in [0.4, 0.5) is 0 Å². The SMILES string of the molecule is COC(=O)c1cccc(C#CCCN)c1. The summed E-state index contributed by atoms with van der Waals surface area (Å²) < 4.78 is 4.61. The van der Waals surface area contributed by atoms with Crippen molar-refractivity contribution in [2.75, 3.05) is 13.7 Å². The molecule has 1 rings (SSSR count). The molecule has 0 aliphatic carbocycles. The van der Waals surface area contributed by atoms with Crippen LogP contribution in [0.3, 0.4) is 0 Å². The van der Waals surface area contributed by atoms with Gasteiger partial charge in [0.05, 0.1) is 12.7 Å². The lowest BCUT2D eigenvalue weighted by Gasteiger charge is -1.98. The van der Waals surface area contributed by atoms with Crippen LogP contribution in [-0.4, -0.2) is 19.6 Å².